The lowest BCUT2D eigenvalue weighted by Crippen LogP contribution is -2.56. The van der Waals surface area contributed by atoms with E-state index in [-0.39, 0.29) is 15.4 Å². The quantitative estimate of drug-likeness (QED) is 0.321. The Kier molecular flexibility index (Phi) is 6.23. The molecular formula is C24H20ClF3N6O4S2. The number of hydrogen-bond donors (Lipinski definition) is 0. The minimum Gasteiger partial charge on any atom is -0.345 e. The SMILES string of the molecule is O=S(=O)(c1ccc(S(=O)(=O)n2nc(N3CCN(c4ncc(F)cn4)CC34CC4)c3c(Cl)cccc32)cc1)C(F)F. The minimum absolute atomic E-state index is 0.201. The second-order valence-corrected chi connectivity index (χ2v) is 13.7. The summed E-state index contributed by atoms with van der Waals surface area (Å²) in [7, 11) is -9.28. The normalized spacial score (nSPS) is 17.2. The van der Waals surface area contributed by atoms with Gasteiger partial charge in [0.1, 0.15) is 0 Å². The van der Waals surface area contributed by atoms with Gasteiger partial charge < -0.3 is 9.80 Å². The van der Waals surface area contributed by atoms with Crippen molar-refractivity contribution in [3.05, 3.63) is 65.7 Å². The molecule has 4 aromatic rings. The predicted molar refractivity (Wildman–Crippen MR) is 140 cm³/mol. The number of halogens is 4. The van der Waals surface area contributed by atoms with Crippen LogP contribution in [0.5, 0.6) is 0 Å². The van der Waals surface area contributed by atoms with E-state index in [9.17, 15) is 30.0 Å². The molecule has 1 saturated carbocycles. The first-order chi connectivity index (χ1) is 18.9. The molecule has 0 amide bonds. The van der Waals surface area contributed by atoms with Gasteiger partial charge in [0.05, 0.1) is 43.6 Å². The Balaban J connectivity index is 1.39. The average molecular weight is 613 g/mol. The number of rotatable bonds is 6. The fourth-order valence-electron chi connectivity index (χ4n) is 4.98. The molecule has 2 aromatic carbocycles. The largest absolute Gasteiger partial charge is 0.345 e. The number of benzene rings is 2. The number of nitrogens with zero attached hydrogens (tertiary/aromatic N) is 6. The maximum Gasteiger partial charge on any atom is 0.341 e. The zero-order valence-electron chi connectivity index (χ0n) is 20.5. The minimum atomic E-state index is -4.89. The first kappa shape index (κ1) is 26.8. The Bertz CT molecular complexity index is 1830. The van der Waals surface area contributed by atoms with E-state index in [1.54, 1.807) is 18.2 Å². The number of sulfone groups is 1. The molecule has 6 rings (SSSR count). The highest BCUT2D eigenvalue weighted by molar-refractivity contribution is 7.91. The number of alkyl halides is 2. The van der Waals surface area contributed by atoms with Crippen LogP contribution in [-0.4, -0.2) is 66.9 Å². The van der Waals surface area contributed by atoms with Crippen molar-refractivity contribution in [1.29, 1.82) is 0 Å². The molecule has 0 atom stereocenters. The summed E-state index contributed by atoms with van der Waals surface area (Å²) in [6, 6.07) is 8.30. The van der Waals surface area contributed by atoms with Crippen molar-refractivity contribution >= 4 is 54.1 Å². The van der Waals surface area contributed by atoms with Crippen LogP contribution in [0.4, 0.5) is 24.9 Å². The topological polar surface area (TPSA) is 118 Å². The van der Waals surface area contributed by atoms with E-state index in [1.165, 1.54) is 0 Å². The smallest absolute Gasteiger partial charge is 0.341 e. The summed E-state index contributed by atoms with van der Waals surface area (Å²) >= 11 is 6.57. The maximum atomic E-state index is 13.7. The summed E-state index contributed by atoms with van der Waals surface area (Å²) in [5.41, 5.74) is -0.192. The van der Waals surface area contributed by atoms with Gasteiger partial charge in [0, 0.05) is 19.6 Å². The second-order valence-electron chi connectivity index (χ2n) is 9.58. The van der Waals surface area contributed by atoms with Crippen molar-refractivity contribution in [2.45, 2.75) is 33.9 Å². The first-order valence-electron chi connectivity index (χ1n) is 12.0. The Hall–Kier alpha value is -3.43. The molecule has 40 heavy (non-hydrogen) atoms. The van der Waals surface area contributed by atoms with Gasteiger partial charge in [0.25, 0.3) is 10.0 Å². The van der Waals surface area contributed by atoms with E-state index < -0.39 is 41.9 Å². The molecular weight excluding hydrogens is 593 g/mol. The van der Waals surface area contributed by atoms with E-state index in [2.05, 4.69) is 15.1 Å². The summed E-state index contributed by atoms with van der Waals surface area (Å²) in [6.07, 6.45) is 3.78. The molecule has 0 bridgehead atoms. The molecule has 2 aliphatic rings. The molecule has 0 unspecified atom stereocenters. The van der Waals surface area contributed by atoms with Gasteiger partial charge >= 0.3 is 5.76 Å². The van der Waals surface area contributed by atoms with Crippen molar-refractivity contribution in [2.75, 3.05) is 29.4 Å². The summed E-state index contributed by atoms with van der Waals surface area (Å²) in [6.45, 7) is 1.39. The van der Waals surface area contributed by atoms with Gasteiger partial charge in [-0.2, -0.15) is 21.3 Å². The van der Waals surface area contributed by atoms with Gasteiger partial charge in [-0.1, -0.05) is 17.7 Å². The summed E-state index contributed by atoms with van der Waals surface area (Å²) in [4.78, 5) is 11.1. The first-order valence-corrected chi connectivity index (χ1v) is 15.4. The fourth-order valence-corrected chi connectivity index (χ4v) is 7.23. The number of anilines is 2. The molecule has 0 radical (unpaired) electrons. The number of fused-ring (bicyclic) bond motifs is 1. The Morgan fingerprint density at radius 2 is 1.57 bits per heavy atom. The average Bonchev–Trinajstić information content (AvgIpc) is 3.57. The Labute approximate surface area is 232 Å². The van der Waals surface area contributed by atoms with Gasteiger partial charge in [0.2, 0.25) is 15.8 Å². The predicted octanol–water partition coefficient (Wildman–Crippen LogP) is 3.71. The van der Waals surface area contributed by atoms with Crippen LogP contribution in [0.25, 0.3) is 10.9 Å². The molecule has 1 aliphatic carbocycles. The van der Waals surface area contributed by atoms with Crippen LogP contribution in [0.1, 0.15) is 12.8 Å². The van der Waals surface area contributed by atoms with E-state index in [4.69, 9.17) is 11.6 Å². The van der Waals surface area contributed by atoms with Crippen molar-refractivity contribution in [3.63, 3.8) is 0 Å². The molecule has 0 N–H and O–H groups in total. The highest BCUT2D eigenvalue weighted by Crippen LogP contribution is 2.49. The van der Waals surface area contributed by atoms with Crippen molar-refractivity contribution in [3.8, 4) is 0 Å². The lowest BCUT2D eigenvalue weighted by Gasteiger charge is -2.42. The molecule has 2 fully saturated rings. The van der Waals surface area contributed by atoms with Gasteiger partial charge in [-0.3, -0.25) is 0 Å². The van der Waals surface area contributed by atoms with Gasteiger partial charge in [-0.25, -0.2) is 22.8 Å². The molecule has 1 aliphatic heterocycles. The lowest BCUT2D eigenvalue weighted by molar-refractivity contribution is 0.234. The molecule has 16 heteroatoms. The molecule has 1 spiro atoms. The van der Waals surface area contributed by atoms with Crippen molar-refractivity contribution in [2.24, 2.45) is 0 Å². The van der Waals surface area contributed by atoms with Gasteiger partial charge in [-0.15, -0.1) is 5.10 Å². The lowest BCUT2D eigenvalue weighted by atomic mass is 10.1. The monoisotopic (exact) mass is 612 g/mol. The van der Waals surface area contributed by atoms with E-state index in [0.717, 1.165) is 53.6 Å². The molecule has 1 saturated heterocycles. The van der Waals surface area contributed by atoms with Crippen LogP contribution in [-0.2, 0) is 19.9 Å². The standard InChI is InChI=1S/C24H20ClF3N6O4S2/c25-18-2-1-3-19-20(18)21(33-11-10-32(14-24(33)8-9-24)23-29-12-15(26)13-30-23)31-34(19)40(37,38)17-6-4-16(5-7-17)39(35,36)22(27)28/h1-7,12-13,22H,8-11,14H2. The van der Waals surface area contributed by atoms with Crippen LogP contribution in [0.15, 0.2) is 64.6 Å². The van der Waals surface area contributed by atoms with E-state index >= 15 is 0 Å². The third-order valence-corrected chi connectivity index (χ3v) is 10.5. The second kappa shape index (κ2) is 9.31. The third-order valence-electron chi connectivity index (χ3n) is 7.14. The van der Waals surface area contributed by atoms with Gasteiger partial charge in [0.15, 0.2) is 11.6 Å². The fraction of sp³-hybridized carbons (Fsp3) is 0.292. The Morgan fingerprint density at radius 3 is 2.20 bits per heavy atom. The zero-order valence-corrected chi connectivity index (χ0v) is 22.8. The summed E-state index contributed by atoms with van der Waals surface area (Å²) in [5, 5.41) is 5.20. The highest BCUT2D eigenvalue weighted by Gasteiger charge is 2.53. The molecule has 2 aromatic heterocycles. The molecule has 3 heterocycles. The summed E-state index contributed by atoms with van der Waals surface area (Å²) in [5.74, 6) is -3.43. The molecule has 10 nitrogen and oxygen atoms in total. The zero-order chi connectivity index (χ0) is 28.4. The van der Waals surface area contributed by atoms with Crippen LogP contribution in [0, 0.1) is 5.82 Å². The van der Waals surface area contributed by atoms with Crippen LogP contribution in [0.3, 0.4) is 0 Å². The number of piperazine rings is 1. The van der Waals surface area contributed by atoms with Crippen molar-refractivity contribution < 1.29 is 30.0 Å². The van der Waals surface area contributed by atoms with Crippen LogP contribution >= 0.6 is 11.6 Å². The van der Waals surface area contributed by atoms with E-state index in [0.29, 0.717) is 36.8 Å². The van der Waals surface area contributed by atoms with Gasteiger partial charge in [-0.05, 0) is 49.2 Å². The van der Waals surface area contributed by atoms with E-state index in [1.807, 2.05) is 9.80 Å². The third kappa shape index (κ3) is 4.27. The Morgan fingerprint density at radius 1 is 0.925 bits per heavy atom. The highest BCUT2D eigenvalue weighted by atomic mass is 35.5. The summed E-state index contributed by atoms with van der Waals surface area (Å²) < 4.78 is 90.9. The van der Waals surface area contributed by atoms with Crippen LogP contribution < -0.4 is 9.80 Å². The molecule has 210 valence electrons. The van der Waals surface area contributed by atoms with Crippen molar-refractivity contribution in [1.82, 2.24) is 19.2 Å². The van der Waals surface area contributed by atoms with Crippen LogP contribution in [0.2, 0.25) is 5.02 Å². The maximum absolute atomic E-state index is 13.7. The number of hydrogen-bond acceptors (Lipinski definition) is 9. The number of aromatic nitrogens is 4.